The van der Waals surface area contributed by atoms with E-state index in [9.17, 15) is 0 Å². The summed E-state index contributed by atoms with van der Waals surface area (Å²) in [5, 5.41) is 0. The van der Waals surface area contributed by atoms with Crippen LogP contribution in [0.25, 0.3) is 0 Å². The SMILES string of the molecule is C=CC(C)(C)C(N)CCC. The third kappa shape index (κ3) is 2.53. The summed E-state index contributed by atoms with van der Waals surface area (Å²) in [7, 11) is 0. The highest BCUT2D eigenvalue weighted by Gasteiger charge is 2.21. The summed E-state index contributed by atoms with van der Waals surface area (Å²) >= 11 is 0. The zero-order valence-electron chi connectivity index (χ0n) is 7.35. The van der Waals surface area contributed by atoms with E-state index in [0.29, 0.717) is 0 Å². The van der Waals surface area contributed by atoms with Gasteiger partial charge in [-0.15, -0.1) is 6.58 Å². The largest absolute Gasteiger partial charge is 0.327 e. The molecule has 1 unspecified atom stereocenters. The summed E-state index contributed by atoms with van der Waals surface area (Å²) in [4.78, 5) is 0. The van der Waals surface area contributed by atoms with Crippen LogP contribution in [0.5, 0.6) is 0 Å². The van der Waals surface area contributed by atoms with E-state index in [1.165, 1.54) is 0 Å². The highest BCUT2D eigenvalue weighted by Crippen LogP contribution is 2.22. The molecule has 0 aromatic heterocycles. The van der Waals surface area contributed by atoms with Gasteiger partial charge in [0.2, 0.25) is 0 Å². The molecular weight excluding hydrogens is 122 g/mol. The number of hydrogen-bond acceptors (Lipinski definition) is 1. The Bertz CT molecular complexity index is 105. The van der Waals surface area contributed by atoms with Crippen LogP contribution in [0.2, 0.25) is 0 Å². The molecule has 0 spiro atoms. The minimum absolute atomic E-state index is 0.0933. The minimum Gasteiger partial charge on any atom is -0.327 e. The predicted octanol–water partition coefficient (Wildman–Crippen LogP) is 2.33. The average Bonchev–Trinajstić information content (AvgIpc) is 1.89. The fourth-order valence-electron chi connectivity index (χ4n) is 0.834. The van der Waals surface area contributed by atoms with Gasteiger partial charge in [0, 0.05) is 6.04 Å². The van der Waals surface area contributed by atoms with Crippen LogP contribution in [-0.4, -0.2) is 6.04 Å². The van der Waals surface area contributed by atoms with Crippen molar-refractivity contribution >= 4 is 0 Å². The predicted molar refractivity (Wildman–Crippen MR) is 46.9 cm³/mol. The van der Waals surface area contributed by atoms with Gasteiger partial charge >= 0.3 is 0 Å². The highest BCUT2D eigenvalue weighted by atomic mass is 14.7. The summed E-state index contributed by atoms with van der Waals surface area (Å²) < 4.78 is 0. The second-order valence-electron chi connectivity index (χ2n) is 3.42. The Morgan fingerprint density at radius 3 is 2.40 bits per heavy atom. The molecule has 60 valence electrons. The second kappa shape index (κ2) is 3.77. The Labute approximate surface area is 64.3 Å². The lowest BCUT2D eigenvalue weighted by atomic mass is 9.83. The molecule has 0 radical (unpaired) electrons. The Morgan fingerprint density at radius 2 is 2.10 bits per heavy atom. The van der Waals surface area contributed by atoms with Crippen LogP contribution in [0.1, 0.15) is 33.6 Å². The maximum atomic E-state index is 5.90. The molecular formula is C9H19N. The molecule has 0 rings (SSSR count). The normalized spacial score (nSPS) is 14.8. The van der Waals surface area contributed by atoms with Gasteiger partial charge in [0.1, 0.15) is 0 Å². The monoisotopic (exact) mass is 141 g/mol. The fraction of sp³-hybridized carbons (Fsp3) is 0.778. The molecule has 0 bridgehead atoms. The first-order chi connectivity index (χ1) is 4.54. The van der Waals surface area contributed by atoms with Crippen molar-refractivity contribution in [1.29, 1.82) is 0 Å². The summed E-state index contributed by atoms with van der Waals surface area (Å²) in [5.41, 5.74) is 5.99. The molecule has 0 aromatic rings. The van der Waals surface area contributed by atoms with Gasteiger partial charge < -0.3 is 5.73 Å². The summed E-state index contributed by atoms with van der Waals surface area (Å²) in [6, 6.07) is 0.259. The molecule has 10 heavy (non-hydrogen) atoms. The van der Waals surface area contributed by atoms with Gasteiger partial charge in [-0.3, -0.25) is 0 Å². The van der Waals surface area contributed by atoms with Crippen molar-refractivity contribution in [2.75, 3.05) is 0 Å². The lowest BCUT2D eigenvalue weighted by Gasteiger charge is -2.27. The van der Waals surface area contributed by atoms with E-state index < -0.39 is 0 Å². The molecule has 0 amide bonds. The Kier molecular flexibility index (Phi) is 3.66. The van der Waals surface area contributed by atoms with Gasteiger partial charge in [0.15, 0.2) is 0 Å². The van der Waals surface area contributed by atoms with Gasteiger partial charge in [-0.05, 0) is 11.8 Å². The van der Waals surface area contributed by atoms with E-state index >= 15 is 0 Å². The van der Waals surface area contributed by atoms with Crippen LogP contribution in [-0.2, 0) is 0 Å². The van der Waals surface area contributed by atoms with Crippen LogP contribution in [0.3, 0.4) is 0 Å². The average molecular weight is 141 g/mol. The molecule has 1 atom stereocenters. The van der Waals surface area contributed by atoms with E-state index in [4.69, 9.17) is 5.73 Å². The van der Waals surface area contributed by atoms with Crippen LogP contribution in [0.4, 0.5) is 0 Å². The first-order valence-corrected chi connectivity index (χ1v) is 3.93. The molecule has 2 N–H and O–H groups in total. The van der Waals surface area contributed by atoms with Crippen molar-refractivity contribution in [3.8, 4) is 0 Å². The molecule has 0 fully saturated rings. The van der Waals surface area contributed by atoms with Gasteiger partial charge in [-0.25, -0.2) is 0 Å². The molecule has 0 aliphatic carbocycles. The van der Waals surface area contributed by atoms with Crippen molar-refractivity contribution in [3.63, 3.8) is 0 Å². The Balaban J connectivity index is 3.90. The Hall–Kier alpha value is -0.300. The number of hydrogen-bond donors (Lipinski definition) is 1. The molecule has 0 aromatic carbocycles. The topological polar surface area (TPSA) is 26.0 Å². The third-order valence-corrected chi connectivity index (χ3v) is 2.08. The van der Waals surface area contributed by atoms with Crippen molar-refractivity contribution < 1.29 is 0 Å². The standard InChI is InChI=1S/C9H19N/c1-5-7-8(10)9(3,4)6-2/h6,8H,2,5,7,10H2,1,3-4H3. The molecule has 0 heterocycles. The van der Waals surface area contributed by atoms with Gasteiger partial charge in [0.25, 0.3) is 0 Å². The maximum absolute atomic E-state index is 5.90. The lowest BCUT2D eigenvalue weighted by molar-refractivity contribution is 0.351. The molecule has 1 nitrogen and oxygen atoms in total. The number of rotatable bonds is 4. The quantitative estimate of drug-likeness (QED) is 0.597. The van der Waals surface area contributed by atoms with Crippen LogP contribution >= 0.6 is 0 Å². The summed E-state index contributed by atoms with van der Waals surface area (Å²) in [5.74, 6) is 0. The summed E-state index contributed by atoms with van der Waals surface area (Å²) in [6.45, 7) is 10.2. The summed E-state index contributed by atoms with van der Waals surface area (Å²) in [6.07, 6.45) is 4.17. The first kappa shape index (κ1) is 9.70. The Morgan fingerprint density at radius 1 is 1.60 bits per heavy atom. The minimum atomic E-state index is 0.0933. The molecule has 0 saturated carbocycles. The number of nitrogens with two attached hydrogens (primary N) is 1. The smallest absolute Gasteiger partial charge is 0.0125 e. The van der Waals surface area contributed by atoms with Crippen molar-refractivity contribution in [2.24, 2.45) is 11.1 Å². The van der Waals surface area contributed by atoms with Crippen LogP contribution in [0, 0.1) is 5.41 Å². The third-order valence-electron chi connectivity index (χ3n) is 2.08. The van der Waals surface area contributed by atoms with Crippen molar-refractivity contribution in [1.82, 2.24) is 0 Å². The molecule has 0 aliphatic heterocycles. The molecule has 1 heteroatoms. The van der Waals surface area contributed by atoms with E-state index in [0.717, 1.165) is 12.8 Å². The second-order valence-corrected chi connectivity index (χ2v) is 3.42. The van der Waals surface area contributed by atoms with Gasteiger partial charge in [-0.1, -0.05) is 33.3 Å². The van der Waals surface area contributed by atoms with Crippen LogP contribution < -0.4 is 5.73 Å². The van der Waals surface area contributed by atoms with E-state index in [1.54, 1.807) is 0 Å². The molecule has 0 saturated heterocycles. The first-order valence-electron chi connectivity index (χ1n) is 3.93. The molecule has 0 aliphatic rings. The van der Waals surface area contributed by atoms with E-state index in [-0.39, 0.29) is 11.5 Å². The van der Waals surface area contributed by atoms with E-state index in [1.807, 2.05) is 6.08 Å². The van der Waals surface area contributed by atoms with Crippen LogP contribution in [0.15, 0.2) is 12.7 Å². The maximum Gasteiger partial charge on any atom is 0.0125 e. The van der Waals surface area contributed by atoms with Gasteiger partial charge in [0.05, 0.1) is 0 Å². The lowest BCUT2D eigenvalue weighted by Crippen LogP contribution is -2.35. The van der Waals surface area contributed by atoms with Crippen molar-refractivity contribution in [3.05, 3.63) is 12.7 Å². The van der Waals surface area contributed by atoms with Crippen molar-refractivity contribution in [2.45, 2.75) is 39.7 Å². The zero-order chi connectivity index (χ0) is 8.20. The zero-order valence-corrected chi connectivity index (χ0v) is 7.35. The highest BCUT2D eigenvalue weighted by molar-refractivity contribution is 4.94. The fourth-order valence-corrected chi connectivity index (χ4v) is 0.834. The van der Waals surface area contributed by atoms with E-state index in [2.05, 4.69) is 27.4 Å². The van der Waals surface area contributed by atoms with Gasteiger partial charge in [-0.2, -0.15) is 0 Å².